The fourth-order valence-corrected chi connectivity index (χ4v) is 2.42. The SMILES string of the molecule is Cc1cc(=O)c(C(=O)NNC(=O)c2ccc(F)cc2)nn1-c1ccccc1F. The zero-order valence-corrected chi connectivity index (χ0v) is 14.6. The molecular weight excluding hydrogens is 370 g/mol. The summed E-state index contributed by atoms with van der Waals surface area (Å²) in [4.78, 5) is 36.4. The number of hydrogen-bond donors (Lipinski definition) is 2. The van der Waals surface area contributed by atoms with Gasteiger partial charge in [-0.3, -0.25) is 25.2 Å². The zero-order chi connectivity index (χ0) is 20.3. The Labute approximate surface area is 157 Å². The number of carbonyl (C=O) groups excluding carboxylic acids is 2. The molecule has 0 fully saturated rings. The van der Waals surface area contributed by atoms with Gasteiger partial charge < -0.3 is 0 Å². The van der Waals surface area contributed by atoms with Crippen LogP contribution in [0.5, 0.6) is 0 Å². The summed E-state index contributed by atoms with van der Waals surface area (Å²) in [6.07, 6.45) is 0. The van der Waals surface area contributed by atoms with Gasteiger partial charge in [-0.1, -0.05) is 12.1 Å². The Morgan fingerprint density at radius 1 is 0.964 bits per heavy atom. The molecule has 0 saturated carbocycles. The molecule has 0 unspecified atom stereocenters. The minimum absolute atomic E-state index is 0.0596. The van der Waals surface area contributed by atoms with Gasteiger partial charge in [-0.05, 0) is 43.3 Å². The van der Waals surface area contributed by atoms with Crippen molar-refractivity contribution < 1.29 is 18.4 Å². The lowest BCUT2D eigenvalue weighted by molar-refractivity contribution is 0.0842. The van der Waals surface area contributed by atoms with E-state index >= 15 is 0 Å². The lowest BCUT2D eigenvalue weighted by Crippen LogP contribution is -2.44. The highest BCUT2D eigenvalue weighted by Gasteiger charge is 2.17. The lowest BCUT2D eigenvalue weighted by atomic mass is 10.2. The highest BCUT2D eigenvalue weighted by molar-refractivity contribution is 5.98. The number of carbonyl (C=O) groups is 2. The molecule has 0 atom stereocenters. The van der Waals surface area contributed by atoms with E-state index in [0.29, 0.717) is 5.69 Å². The number of nitrogens with one attached hydrogen (secondary N) is 2. The van der Waals surface area contributed by atoms with Crippen molar-refractivity contribution in [1.29, 1.82) is 0 Å². The number of nitrogens with zero attached hydrogens (tertiary/aromatic N) is 2. The highest BCUT2D eigenvalue weighted by Crippen LogP contribution is 2.13. The van der Waals surface area contributed by atoms with E-state index in [9.17, 15) is 23.2 Å². The fraction of sp³-hybridized carbons (Fsp3) is 0.0526. The summed E-state index contributed by atoms with van der Waals surface area (Å²) in [5, 5.41) is 3.92. The van der Waals surface area contributed by atoms with Gasteiger partial charge in [0.15, 0.2) is 5.69 Å². The molecule has 142 valence electrons. The van der Waals surface area contributed by atoms with Crippen molar-refractivity contribution in [2.75, 3.05) is 0 Å². The highest BCUT2D eigenvalue weighted by atomic mass is 19.1. The van der Waals surface area contributed by atoms with Crippen LogP contribution in [0.15, 0.2) is 59.4 Å². The molecule has 0 spiro atoms. The molecule has 0 aliphatic rings. The van der Waals surface area contributed by atoms with E-state index in [4.69, 9.17) is 0 Å². The van der Waals surface area contributed by atoms with Crippen LogP contribution in [-0.2, 0) is 0 Å². The third-order valence-corrected chi connectivity index (χ3v) is 3.80. The van der Waals surface area contributed by atoms with E-state index < -0.39 is 34.6 Å². The van der Waals surface area contributed by atoms with E-state index in [0.717, 1.165) is 22.9 Å². The van der Waals surface area contributed by atoms with Gasteiger partial charge >= 0.3 is 0 Å². The van der Waals surface area contributed by atoms with Crippen LogP contribution in [0.2, 0.25) is 0 Å². The Kier molecular flexibility index (Phi) is 5.25. The quantitative estimate of drug-likeness (QED) is 0.675. The number of hydrazine groups is 1. The number of amides is 2. The van der Waals surface area contributed by atoms with Crippen molar-refractivity contribution in [1.82, 2.24) is 20.6 Å². The molecular formula is C19H14F2N4O3. The standard InChI is InChI=1S/C19H14F2N4O3/c1-11-10-16(26)17(24-25(11)15-5-3-2-4-14(15)21)19(28)23-22-18(27)12-6-8-13(20)9-7-12/h2-10H,1H3,(H,22,27)(H,23,28). The number of para-hydroxylation sites is 1. The Hall–Kier alpha value is -3.88. The number of benzene rings is 2. The average Bonchev–Trinajstić information content (AvgIpc) is 2.67. The number of aryl methyl sites for hydroxylation is 1. The molecule has 2 N–H and O–H groups in total. The van der Waals surface area contributed by atoms with Crippen molar-refractivity contribution in [2.24, 2.45) is 0 Å². The lowest BCUT2D eigenvalue weighted by Gasteiger charge is -2.12. The smallest absolute Gasteiger partial charge is 0.287 e. The van der Waals surface area contributed by atoms with Crippen LogP contribution in [0, 0.1) is 18.6 Å². The summed E-state index contributed by atoms with van der Waals surface area (Å²) in [5.41, 5.74) is 3.42. The van der Waals surface area contributed by atoms with E-state index in [1.165, 1.54) is 30.3 Å². The van der Waals surface area contributed by atoms with E-state index in [2.05, 4.69) is 16.0 Å². The second-order valence-corrected chi connectivity index (χ2v) is 5.78. The molecule has 1 heterocycles. The largest absolute Gasteiger partial charge is 0.294 e. The Morgan fingerprint density at radius 3 is 2.29 bits per heavy atom. The maximum absolute atomic E-state index is 14.0. The first-order chi connectivity index (χ1) is 13.4. The predicted molar refractivity (Wildman–Crippen MR) is 95.9 cm³/mol. The Balaban J connectivity index is 1.83. The maximum atomic E-state index is 14.0. The van der Waals surface area contributed by atoms with Gasteiger partial charge in [-0.2, -0.15) is 5.10 Å². The van der Waals surface area contributed by atoms with Crippen LogP contribution >= 0.6 is 0 Å². The topological polar surface area (TPSA) is 93.1 Å². The van der Waals surface area contributed by atoms with Gasteiger partial charge in [0.1, 0.15) is 17.3 Å². The van der Waals surface area contributed by atoms with Crippen LogP contribution in [0.3, 0.4) is 0 Å². The molecule has 7 nitrogen and oxygen atoms in total. The fourth-order valence-electron chi connectivity index (χ4n) is 2.42. The minimum Gasteiger partial charge on any atom is -0.287 e. The first kappa shape index (κ1) is 18.9. The summed E-state index contributed by atoms with van der Waals surface area (Å²) in [5.74, 6) is -2.80. The molecule has 0 aliphatic heterocycles. The summed E-state index contributed by atoms with van der Waals surface area (Å²) in [6, 6.07) is 11.5. The van der Waals surface area contributed by atoms with Crippen molar-refractivity contribution in [2.45, 2.75) is 6.92 Å². The molecule has 0 saturated heterocycles. The summed E-state index contributed by atoms with van der Waals surface area (Å²) in [7, 11) is 0. The Bertz CT molecular complexity index is 1110. The van der Waals surface area contributed by atoms with Gasteiger partial charge in [-0.15, -0.1) is 0 Å². The van der Waals surface area contributed by atoms with Crippen LogP contribution < -0.4 is 16.3 Å². The van der Waals surface area contributed by atoms with Crippen LogP contribution in [0.1, 0.15) is 26.5 Å². The third kappa shape index (κ3) is 3.93. The van der Waals surface area contributed by atoms with Gasteiger partial charge in [0.25, 0.3) is 11.8 Å². The molecule has 0 aliphatic carbocycles. The first-order valence-electron chi connectivity index (χ1n) is 8.09. The summed E-state index contributed by atoms with van der Waals surface area (Å²) in [6.45, 7) is 1.54. The Morgan fingerprint density at radius 2 is 1.61 bits per heavy atom. The van der Waals surface area contributed by atoms with Crippen molar-refractivity contribution in [3.63, 3.8) is 0 Å². The molecule has 9 heteroatoms. The van der Waals surface area contributed by atoms with Crippen LogP contribution in [0.4, 0.5) is 8.78 Å². The predicted octanol–water partition coefficient (Wildman–Crippen LogP) is 1.89. The number of rotatable bonds is 3. The van der Waals surface area contributed by atoms with E-state index in [1.807, 2.05) is 0 Å². The zero-order valence-electron chi connectivity index (χ0n) is 14.6. The molecule has 3 rings (SSSR count). The van der Waals surface area contributed by atoms with E-state index in [-0.39, 0.29) is 11.3 Å². The summed E-state index contributed by atoms with van der Waals surface area (Å²) >= 11 is 0. The van der Waals surface area contributed by atoms with Gasteiger partial charge in [0.05, 0.1) is 0 Å². The van der Waals surface area contributed by atoms with Crippen LogP contribution in [0.25, 0.3) is 5.69 Å². The maximum Gasteiger partial charge on any atom is 0.294 e. The molecule has 0 radical (unpaired) electrons. The van der Waals surface area contributed by atoms with Gasteiger partial charge in [0.2, 0.25) is 5.43 Å². The first-order valence-corrected chi connectivity index (χ1v) is 8.09. The van der Waals surface area contributed by atoms with Crippen LogP contribution in [-0.4, -0.2) is 21.6 Å². The molecule has 0 bridgehead atoms. The van der Waals surface area contributed by atoms with Crippen molar-refractivity contribution in [3.8, 4) is 5.69 Å². The molecule has 2 amide bonds. The summed E-state index contributed by atoms with van der Waals surface area (Å²) < 4.78 is 28.0. The number of aromatic nitrogens is 2. The number of hydrogen-bond acceptors (Lipinski definition) is 4. The third-order valence-electron chi connectivity index (χ3n) is 3.80. The molecule has 1 aromatic heterocycles. The average molecular weight is 384 g/mol. The molecule has 28 heavy (non-hydrogen) atoms. The molecule has 2 aromatic carbocycles. The molecule has 3 aromatic rings. The second kappa shape index (κ2) is 7.78. The van der Waals surface area contributed by atoms with Crippen molar-refractivity contribution >= 4 is 11.8 Å². The second-order valence-electron chi connectivity index (χ2n) is 5.78. The van der Waals surface area contributed by atoms with Gasteiger partial charge in [0, 0.05) is 17.3 Å². The normalized spacial score (nSPS) is 10.4. The van der Waals surface area contributed by atoms with E-state index in [1.54, 1.807) is 13.0 Å². The number of halogens is 2. The van der Waals surface area contributed by atoms with Crippen molar-refractivity contribution in [3.05, 3.63) is 93.4 Å². The van der Waals surface area contributed by atoms with Gasteiger partial charge in [-0.25, -0.2) is 13.5 Å². The minimum atomic E-state index is -0.981. The monoisotopic (exact) mass is 384 g/mol.